The molecule has 2 N–H and O–H groups in total. The molecule has 0 spiro atoms. The standard InChI is InChI=1S/C18H34N6S.HI/c1-4-23-11-13-24(14-12-23)10-6-5-8-20-18(19-3)21-9-7-17-22-15-16(2)25-17;/h15H,4-14H2,1-3H3,(H2,19,20,21);1H. The third-order valence-corrected chi connectivity index (χ3v) is 5.60. The molecule has 0 aromatic carbocycles. The monoisotopic (exact) mass is 494 g/mol. The molecule has 0 unspecified atom stereocenters. The maximum Gasteiger partial charge on any atom is 0.190 e. The average Bonchev–Trinajstić information content (AvgIpc) is 3.05. The highest BCUT2D eigenvalue weighted by atomic mass is 127. The molecule has 1 aliphatic heterocycles. The van der Waals surface area contributed by atoms with Gasteiger partial charge in [-0.2, -0.15) is 0 Å². The summed E-state index contributed by atoms with van der Waals surface area (Å²) in [6, 6.07) is 0. The van der Waals surface area contributed by atoms with Crippen molar-refractivity contribution >= 4 is 41.3 Å². The van der Waals surface area contributed by atoms with Crippen LogP contribution in [0.5, 0.6) is 0 Å². The van der Waals surface area contributed by atoms with E-state index in [9.17, 15) is 0 Å². The summed E-state index contributed by atoms with van der Waals surface area (Å²) in [6.45, 7) is 13.5. The van der Waals surface area contributed by atoms with Crippen LogP contribution in [0, 0.1) is 6.92 Å². The molecule has 0 saturated carbocycles. The minimum atomic E-state index is 0. The van der Waals surface area contributed by atoms with Gasteiger partial charge in [-0.1, -0.05) is 6.92 Å². The largest absolute Gasteiger partial charge is 0.356 e. The van der Waals surface area contributed by atoms with Gasteiger partial charge in [0.15, 0.2) is 5.96 Å². The normalized spacial score (nSPS) is 16.3. The lowest BCUT2D eigenvalue weighted by Gasteiger charge is -2.34. The summed E-state index contributed by atoms with van der Waals surface area (Å²) in [7, 11) is 1.83. The summed E-state index contributed by atoms with van der Waals surface area (Å²) in [5, 5.41) is 7.96. The van der Waals surface area contributed by atoms with Crippen LogP contribution in [0.3, 0.4) is 0 Å². The molecule has 8 heteroatoms. The molecule has 1 aromatic rings. The molecule has 26 heavy (non-hydrogen) atoms. The van der Waals surface area contributed by atoms with Crippen LogP contribution in [0.2, 0.25) is 0 Å². The van der Waals surface area contributed by atoms with Gasteiger partial charge < -0.3 is 20.4 Å². The topological polar surface area (TPSA) is 55.8 Å². The number of nitrogens with zero attached hydrogens (tertiary/aromatic N) is 4. The van der Waals surface area contributed by atoms with Crippen LogP contribution in [0.4, 0.5) is 0 Å². The number of guanidine groups is 1. The zero-order valence-corrected chi connectivity index (χ0v) is 19.6. The second kappa shape index (κ2) is 13.7. The van der Waals surface area contributed by atoms with Gasteiger partial charge in [0.2, 0.25) is 0 Å². The Bertz CT molecular complexity index is 514. The fourth-order valence-electron chi connectivity index (χ4n) is 3.02. The number of aliphatic imine (C=N–C) groups is 1. The van der Waals surface area contributed by atoms with Gasteiger partial charge >= 0.3 is 0 Å². The molecule has 1 aliphatic rings. The number of piperazine rings is 1. The van der Waals surface area contributed by atoms with Crippen LogP contribution in [0.15, 0.2) is 11.2 Å². The van der Waals surface area contributed by atoms with E-state index in [2.05, 4.69) is 44.3 Å². The van der Waals surface area contributed by atoms with Crippen molar-refractivity contribution in [3.05, 3.63) is 16.1 Å². The van der Waals surface area contributed by atoms with Crippen molar-refractivity contribution in [3.8, 4) is 0 Å². The Balaban J connectivity index is 0.00000338. The molecule has 0 bridgehead atoms. The Morgan fingerprint density at radius 2 is 1.85 bits per heavy atom. The highest BCUT2D eigenvalue weighted by molar-refractivity contribution is 14.0. The number of unbranched alkanes of at least 4 members (excludes halogenated alkanes) is 1. The number of likely N-dealkylation sites (N-methyl/N-ethyl adjacent to an activating group) is 1. The van der Waals surface area contributed by atoms with Crippen molar-refractivity contribution in [2.24, 2.45) is 4.99 Å². The fourth-order valence-corrected chi connectivity index (χ4v) is 3.81. The lowest BCUT2D eigenvalue weighted by Crippen LogP contribution is -2.46. The summed E-state index contributed by atoms with van der Waals surface area (Å²) in [5.41, 5.74) is 0. The number of hydrogen-bond donors (Lipinski definition) is 2. The molecular weight excluding hydrogens is 459 g/mol. The molecule has 0 amide bonds. The molecule has 0 radical (unpaired) electrons. The number of halogens is 1. The molecule has 150 valence electrons. The predicted octanol–water partition coefficient (Wildman–Crippen LogP) is 2.19. The smallest absolute Gasteiger partial charge is 0.190 e. The number of rotatable bonds is 9. The third-order valence-electron chi connectivity index (χ3n) is 4.63. The van der Waals surface area contributed by atoms with Crippen molar-refractivity contribution in [3.63, 3.8) is 0 Å². The molecule has 6 nitrogen and oxygen atoms in total. The van der Waals surface area contributed by atoms with Crippen LogP contribution >= 0.6 is 35.3 Å². The first-order valence-electron chi connectivity index (χ1n) is 9.51. The van der Waals surface area contributed by atoms with E-state index in [-0.39, 0.29) is 24.0 Å². The molecule has 2 heterocycles. The molecule has 1 saturated heterocycles. The summed E-state index contributed by atoms with van der Waals surface area (Å²) in [4.78, 5) is 15.1. The van der Waals surface area contributed by atoms with Gasteiger partial charge in [0.25, 0.3) is 0 Å². The second-order valence-electron chi connectivity index (χ2n) is 6.52. The van der Waals surface area contributed by atoms with Crippen LogP contribution in [-0.2, 0) is 6.42 Å². The van der Waals surface area contributed by atoms with Gasteiger partial charge in [-0.15, -0.1) is 35.3 Å². The molecular formula is C18H35IN6S. The average molecular weight is 494 g/mol. The first-order valence-corrected chi connectivity index (χ1v) is 10.3. The Morgan fingerprint density at radius 1 is 1.15 bits per heavy atom. The van der Waals surface area contributed by atoms with Crippen LogP contribution in [0.25, 0.3) is 0 Å². The molecule has 1 fully saturated rings. The fraction of sp³-hybridized carbons (Fsp3) is 0.778. The van der Waals surface area contributed by atoms with Crippen LogP contribution in [-0.4, -0.2) is 80.1 Å². The quantitative estimate of drug-likeness (QED) is 0.239. The zero-order valence-electron chi connectivity index (χ0n) is 16.5. The van der Waals surface area contributed by atoms with Gasteiger partial charge in [-0.3, -0.25) is 4.99 Å². The van der Waals surface area contributed by atoms with Gasteiger partial charge in [-0.05, 0) is 32.9 Å². The SMILES string of the molecule is CCN1CCN(CCCCNC(=NC)NCCc2ncc(C)s2)CC1.I. The molecule has 1 aromatic heterocycles. The van der Waals surface area contributed by atoms with Crippen molar-refractivity contribution in [2.45, 2.75) is 33.1 Å². The van der Waals surface area contributed by atoms with E-state index in [4.69, 9.17) is 0 Å². The predicted molar refractivity (Wildman–Crippen MR) is 123 cm³/mol. The van der Waals surface area contributed by atoms with Crippen molar-refractivity contribution < 1.29 is 0 Å². The van der Waals surface area contributed by atoms with E-state index < -0.39 is 0 Å². The summed E-state index contributed by atoms with van der Waals surface area (Å²) in [5.74, 6) is 0.893. The van der Waals surface area contributed by atoms with Gasteiger partial charge in [-0.25, -0.2) is 4.98 Å². The van der Waals surface area contributed by atoms with Crippen LogP contribution < -0.4 is 10.6 Å². The summed E-state index contributed by atoms with van der Waals surface area (Å²) in [6.07, 6.45) is 5.31. The summed E-state index contributed by atoms with van der Waals surface area (Å²) >= 11 is 1.77. The Labute approximate surface area is 179 Å². The second-order valence-corrected chi connectivity index (χ2v) is 7.84. The third kappa shape index (κ3) is 8.96. The van der Waals surface area contributed by atoms with Gasteiger partial charge in [0.05, 0.1) is 5.01 Å². The van der Waals surface area contributed by atoms with E-state index >= 15 is 0 Å². The van der Waals surface area contributed by atoms with Crippen molar-refractivity contribution in [1.82, 2.24) is 25.4 Å². The Morgan fingerprint density at radius 3 is 2.46 bits per heavy atom. The van der Waals surface area contributed by atoms with Gasteiger partial charge in [0, 0.05) is 63.8 Å². The van der Waals surface area contributed by atoms with E-state index in [1.54, 1.807) is 11.3 Å². The van der Waals surface area contributed by atoms with Gasteiger partial charge in [0.1, 0.15) is 0 Å². The molecule has 2 rings (SSSR count). The molecule has 0 atom stereocenters. The zero-order chi connectivity index (χ0) is 17.9. The molecule has 0 aliphatic carbocycles. The van der Waals surface area contributed by atoms with E-state index in [0.717, 1.165) is 25.5 Å². The first-order chi connectivity index (χ1) is 12.2. The number of nitrogens with one attached hydrogen (secondary N) is 2. The van der Waals surface area contributed by atoms with E-state index in [1.165, 1.54) is 62.0 Å². The number of thiazole rings is 1. The highest BCUT2D eigenvalue weighted by Crippen LogP contribution is 2.10. The highest BCUT2D eigenvalue weighted by Gasteiger charge is 2.14. The van der Waals surface area contributed by atoms with Crippen molar-refractivity contribution in [2.75, 3.05) is 59.4 Å². The maximum atomic E-state index is 4.39. The minimum Gasteiger partial charge on any atom is -0.356 e. The lowest BCUT2D eigenvalue weighted by atomic mass is 10.2. The van der Waals surface area contributed by atoms with Crippen LogP contribution in [0.1, 0.15) is 29.7 Å². The van der Waals surface area contributed by atoms with E-state index in [1.807, 2.05) is 13.2 Å². The number of aromatic nitrogens is 1. The first kappa shape index (κ1) is 23.6. The number of hydrogen-bond acceptors (Lipinski definition) is 5. The number of aryl methyl sites for hydroxylation is 1. The summed E-state index contributed by atoms with van der Waals surface area (Å²) < 4.78 is 0. The maximum absolute atomic E-state index is 4.39. The lowest BCUT2D eigenvalue weighted by molar-refractivity contribution is 0.136. The minimum absolute atomic E-state index is 0. The Hall–Kier alpha value is -0.450. The van der Waals surface area contributed by atoms with Crippen molar-refractivity contribution in [1.29, 1.82) is 0 Å². The Kier molecular flexibility index (Phi) is 12.4. The van der Waals surface area contributed by atoms with E-state index in [0.29, 0.717) is 0 Å².